The highest BCUT2D eigenvalue weighted by Crippen LogP contribution is 2.45. The Hall–Kier alpha value is -2.46. The molecule has 3 heteroatoms. The van der Waals surface area contributed by atoms with Crippen LogP contribution < -0.4 is 0 Å². The van der Waals surface area contributed by atoms with Gasteiger partial charge in [0.25, 0.3) is 0 Å². The number of benzene rings is 3. The maximum Gasteiger partial charge on any atom is 0.104 e. The first-order chi connectivity index (χ1) is 17.1. The van der Waals surface area contributed by atoms with Gasteiger partial charge in [0.15, 0.2) is 0 Å². The van der Waals surface area contributed by atoms with Crippen molar-refractivity contribution in [2.45, 2.75) is 82.8 Å². The Morgan fingerprint density at radius 3 is 1.71 bits per heavy atom. The Labute approximate surface area is 211 Å². The molecule has 3 nitrogen and oxygen atoms in total. The summed E-state index contributed by atoms with van der Waals surface area (Å²) < 4.78 is 0. The fourth-order valence-electron chi connectivity index (χ4n) is 5.42. The van der Waals surface area contributed by atoms with E-state index in [2.05, 4.69) is 32.0 Å². The first-order valence-corrected chi connectivity index (χ1v) is 13.3. The fraction of sp³-hybridized carbons (Fsp3) is 0.438. The monoisotopic (exact) mass is 474 g/mol. The zero-order valence-corrected chi connectivity index (χ0v) is 21.4. The number of unbranched alkanes of at least 4 members (excludes halogenated alkanes) is 4. The first-order valence-electron chi connectivity index (χ1n) is 13.3. The van der Waals surface area contributed by atoms with E-state index in [-0.39, 0.29) is 0 Å². The van der Waals surface area contributed by atoms with Crippen molar-refractivity contribution in [3.05, 3.63) is 107 Å². The van der Waals surface area contributed by atoms with Crippen molar-refractivity contribution < 1.29 is 15.3 Å². The lowest BCUT2D eigenvalue weighted by Gasteiger charge is -2.43. The van der Waals surface area contributed by atoms with Gasteiger partial charge in [0.2, 0.25) is 0 Å². The van der Waals surface area contributed by atoms with E-state index >= 15 is 0 Å². The van der Waals surface area contributed by atoms with Gasteiger partial charge in [-0.1, -0.05) is 118 Å². The smallest absolute Gasteiger partial charge is 0.104 e. The molecule has 2 atom stereocenters. The van der Waals surface area contributed by atoms with E-state index in [1.165, 1.54) is 24.0 Å². The Bertz CT molecular complexity index is 960. The van der Waals surface area contributed by atoms with Crippen molar-refractivity contribution in [1.29, 1.82) is 0 Å². The summed E-state index contributed by atoms with van der Waals surface area (Å²) in [6.07, 6.45) is 6.26. The van der Waals surface area contributed by atoms with Gasteiger partial charge >= 0.3 is 0 Å². The lowest BCUT2D eigenvalue weighted by Crippen LogP contribution is -2.50. The highest BCUT2D eigenvalue weighted by molar-refractivity contribution is 5.56. The molecule has 3 aromatic rings. The first kappa shape index (κ1) is 27.1. The lowest BCUT2D eigenvalue weighted by molar-refractivity contribution is -0.0375. The molecule has 0 aliphatic rings. The van der Waals surface area contributed by atoms with Crippen LogP contribution in [0.25, 0.3) is 0 Å². The molecule has 0 amide bonds. The number of hydrogen-bond acceptors (Lipinski definition) is 3. The normalized spacial score (nSPS) is 13.5. The molecule has 0 aliphatic carbocycles. The molecule has 0 bridgehead atoms. The molecule has 0 aromatic heterocycles. The van der Waals surface area contributed by atoms with Gasteiger partial charge < -0.3 is 15.3 Å². The molecule has 0 aliphatic heterocycles. The summed E-state index contributed by atoms with van der Waals surface area (Å²) in [4.78, 5) is 0. The number of aliphatic hydroxyl groups is 3. The van der Waals surface area contributed by atoms with Gasteiger partial charge in [-0.15, -0.1) is 0 Å². The van der Waals surface area contributed by atoms with Gasteiger partial charge in [-0.05, 0) is 53.5 Å². The van der Waals surface area contributed by atoms with Crippen LogP contribution in [-0.2, 0) is 18.3 Å². The van der Waals surface area contributed by atoms with E-state index in [1.807, 2.05) is 60.7 Å². The molecule has 2 unspecified atom stereocenters. The zero-order valence-electron chi connectivity index (χ0n) is 21.4. The Kier molecular flexibility index (Phi) is 10.5. The van der Waals surface area contributed by atoms with Gasteiger partial charge in [-0.3, -0.25) is 0 Å². The van der Waals surface area contributed by atoms with Crippen LogP contribution in [0.3, 0.4) is 0 Å². The molecule has 3 rings (SSSR count). The summed E-state index contributed by atoms with van der Waals surface area (Å²) in [6.45, 7) is 3.93. The lowest BCUT2D eigenvalue weighted by atomic mass is 9.62. The summed E-state index contributed by atoms with van der Waals surface area (Å²) in [5, 5.41) is 32.7. The molecule has 35 heavy (non-hydrogen) atoms. The van der Waals surface area contributed by atoms with E-state index in [1.54, 1.807) is 0 Å². The van der Waals surface area contributed by atoms with Crippen LogP contribution in [-0.4, -0.2) is 34.1 Å². The molecule has 0 spiro atoms. The quantitative estimate of drug-likeness (QED) is 0.193. The highest BCUT2D eigenvalue weighted by Gasteiger charge is 2.47. The summed E-state index contributed by atoms with van der Waals surface area (Å²) in [7, 11) is 0. The number of rotatable bonds is 14. The zero-order chi connectivity index (χ0) is 25.1. The summed E-state index contributed by atoms with van der Waals surface area (Å²) in [5.41, 5.74) is 4.43. The molecule has 0 saturated heterocycles. The molecular formula is C32H42O3. The second kappa shape index (κ2) is 13.6. The molecule has 0 fully saturated rings. The highest BCUT2D eigenvalue weighted by atomic mass is 16.4. The van der Waals surface area contributed by atoms with Gasteiger partial charge in [0.1, 0.15) is 6.10 Å². The van der Waals surface area contributed by atoms with E-state index < -0.39 is 24.2 Å². The van der Waals surface area contributed by atoms with Gasteiger partial charge in [0, 0.05) is 0 Å². The van der Waals surface area contributed by atoms with E-state index in [0.717, 1.165) is 55.2 Å². The third-order valence-corrected chi connectivity index (χ3v) is 7.23. The summed E-state index contributed by atoms with van der Waals surface area (Å²) >= 11 is 0. The second-order valence-corrected chi connectivity index (χ2v) is 9.59. The van der Waals surface area contributed by atoms with Gasteiger partial charge in [-0.25, -0.2) is 0 Å². The molecule has 3 N–H and O–H groups in total. The summed E-state index contributed by atoms with van der Waals surface area (Å²) in [6, 6.07) is 26.4. The number of aliphatic hydroxyl groups excluding tert-OH is 3. The minimum absolute atomic E-state index is 0.510. The van der Waals surface area contributed by atoms with Gasteiger partial charge in [-0.2, -0.15) is 0 Å². The molecule has 188 valence electrons. The second-order valence-electron chi connectivity index (χ2n) is 9.59. The van der Waals surface area contributed by atoms with Crippen molar-refractivity contribution in [1.82, 2.24) is 0 Å². The fourth-order valence-corrected chi connectivity index (χ4v) is 5.42. The van der Waals surface area contributed by atoms with Crippen LogP contribution in [0.1, 0.15) is 80.2 Å². The Morgan fingerprint density at radius 2 is 1.20 bits per heavy atom. The maximum atomic E-state index is 11.9. The molecule has 3 aromatic carbocycles. The van der Waals surface area contributed by atoms with Crippen LogP contribution >= 0.6 is 0 Å². The average molecular weight is 475 g/mol. The van der Waals surface area contributed by atoms with Crippen LogP contribution in [0.5, 0.6) is 0 Å². The van der Waals surface area contributed by atoms with Crippen molar-refractivity contribution in [3.8, 4) is 0 Å². The van der Waals surface area contributed by atoms with Crippen LogP contribution in [0.2, 0.25) is 0 Å². The molecule has 0 saturated carbocycles. The Morgan fingerprint density at radius 1 is 0.657 bits per heavy atom. The van der Waals surface area contributed by atoms with Crippen LogP contribution in [0.15, 0.2) is 78.9 Å². The van der Waals surface area contributed by atoms with Gasteiger partial charge in [0.05, 0.1) is 18.1 Å². The van der Waals surface area contributed by atoms with Crippen molar-refractivity contribution in [2.75, 3.05) is 6.61 Å². The Balaban J connectivity index is 2.35. The number of aryl methyl sites for hydroxylation is 1. The third-order valence-electron chi connectivity index (χ3n) is 7.23. The predicted octanol–water partition coefficient (Wildman–Crippen LogP) is 6.20. The minimum atomic E-state index is -1.29. The van der Waals surface area contributed by atoms with Crippen molar-refractivity contribution in [3.63, 3.8) is 0 Å². The molecular weight excluding hydrogens is 432 g/mol. The maximum absolute atomic E-state index is 11.9. The minimum Gasteiger partial charge on any atom is -0.394 e. The molecule has 0 radical (unpaired) electrons. The predicted molar refractivity (Wildman–Crippen MR) is 145 cm³/mol. The van der Waals surface area contributed by atoms with E-state index in [9.17, 15) is 15.3 Å². The topological polar surface area (TPSA) is 60.7 Å². The average Bonchev–Trinajstić information content (AvgIpc) is 2.91. The summed E-state index contributed by atoms with van der Waals surface area (Å²) in [5.74, 6) is 0. The number of hydrogen-bond donors (Lipinski definition) is 3. The standard InChI is InChI=1S/C32H42O3/c1-3-5-9-16-25-17-15-23-29(28(25)22-10-6-4-2)32(31(35)30(34)24-33,26-18-11-7-12-19-26)27-20-13-8-14-21-27/h7-8,11-15,17-21,23,30-31,33-35H,3-6,9-10,16,22,24H2,1-2H3. The third kappa shape index (κ3) is 6.03. The van der Waals surface area contributed by atoms with E-state index in [0.29, 0.717) is 0 Å². The molecule has 0 heterocycles. The van der Waals surface area contributed by atoms with Crippen molar-refractivity contribution in [2.24, 2.45) is 0 Å². The van der Waals surface area contributed by atoms with Crippen LogP contribution in [0.4, 0.5) is 0 Å². The SMILES string of the molecule is CCCCCc1cccc(C(c2ccccc2)(c2ccccc2)C(O)C(O)CO)c1CCCCC. The van der Waals surface area contributed by atoms with Crippen molar-refractivity contribution >= 4 is 0 Å². The van der Waals surface area contributed by atoms with Crippen LogP contribution in [0, 0.1) is 0 Å². The largest absolute Gasteiger partial charge is 0.394 e. The van der Waals surface area contributed by atoms with E-state index in [4.69, 9.17) is 0 Å².